The fraction of sp³-hybridized carbons (Fsp3) is 0.500. The number of halogens is 1. The van der Waals surface area contributed by atoms with Crippen LogP contribution in [0.3, 0.4) is 0 Å². The van der Waals surface area contributed by atoms with Gasteiger partial charge in [-0.25, -0.2) is 4.39 Å². The highest BCUT2D eigenvalue weighted by molar-refractivity contribution is 5.25. The minimum absolute atomic E-state index is 0.120. The normalized spacial score (nSPS) is 25.8. The summed E-state index contributed by atoms with van der Waals surface area (Å²) in [5.74, 6) is -0.168. The molecule has 1 saturated heterocycles. The van der Waals surface area contributed by atoms with E-state index in [0.29, 0.717) is 5.56 Å². The first-order valence-corrected chi connectivity index (χ1v) is 5.33. The molecule has 3 heteroatoms. The topological polar surface area (TPSA) is 32.3 Å². The summed E-state index contributed by atoms with van der Waals surface area (Å²) in [7, 11) is 0. The number of hydrogen-bond donors (Lipinski definition) is 2. The van der Waals surface area contributed by atoms with E-state index in [1.54, 1.807) is 13.0 Å². The van der Waals surface area contributed by atoms with Crippen LogP contribution in [0.2, 0.25) is 0 Å². The number of aryl methyl sites for hydroxylation is 1. The summed E-state index contributed by atoms with van der Waals surface area (Å²) in [6.45, 7) is 2.63. The Kier molecular flexibility index (Phi) is 3.03. The summed E-state index contributed by atoms with van der Waals surface area (Å²) in [4.78, 5) is 0. The van der Waals surface area contributed by atoms with Gasteiger partial charge < -0.3 is 10.4 Å². The van der Waals surface area contributed by atoms with Gasteiger partial charge in [-0.3, -0.25) is 0 Å². The SMILES string of the molecule is Cc1cc(CC2NCCC2O)ccc1F. The summed E-state index contributed by atoms with van der Waals surface area (Å²) in [6, 6.07) is 5.25. The molecule has 0 bridgehead atoms. The molecule has 1 aliphatic heterocycles. The summed E-state index contributed by atoms with van der Waals surface area (Å²) in [5.41, 5.74) is 1.74. The lowest BCUT2D eigenvalue weighted by Gasteiger charge is -2.15. The number of aliphatic hydroxyl groups excluding tert-OH is 1. The fourth-order valence-electron chi connectivity index (χ4n) is 2.05. The maximum Gasteiger partial charge on any atom is 0.126 e. The van der Waals surface area contributed by atoms with E-state index in [9.17, 15) is 9.50 Å². The molecular formula is C12H16FNO. The van der Waals surface area contributed by atoms with Gasteiger partial charge >= 0.3 is 0 Å². The molecule has 0 amide bonds. The van der Waals surface area contributed by atoms with Gasteiger partial charge in [0, 0.05) is 6.04 Å². The van der Waals surface area contributed by atoms with Crippen LogP contribution < -0.4 is 5.32 Å². The molecule has 0 aliphatic carbocycles. The zero-order chi connectivity index (χ0) is 10.8. The lowest BCUT2D eigenvalue weighted by atomic mass is 10.0. The largest absolute Gasteiger partial charge is 0.391 e. The third-order valence-corrected chi connectivity index (χ3v) is 2.99. The van der Waals surface area contributed by atoms with E-state index < -0.39 is 0 Å². The average Bonchev–Trinajstić information content (AvgIpc) is 2.59. The molecule has 15 heavy (non-hydrogen) atoms. The van der Waals surface area contributed by atoms with Gasteiger partial charge in [-0.05, 0) is 43.5 Å². The molecule has 2 atom stereocenters. The van der Waals surface area contributed by atoms with Gasteiger partial charge in [-0.2, -0.15) is 0 Å². The van der Waals surface area contributed by atoms with E-state index in [1.165, 1.54) is 6.07 Å². The highest BCUT2D eigenvalue weighted by Gasteiger charge is 2.24. The van der Waals surface area contributed by atoms with Crippen molar-refractivity contribution in [3.8, 4) is 0 Å². The number of benzene rings is 1. The second kappa shape index (κ2) is 4.29. The van der Waals surface area contributed by atoms with Gasteiger partial charge in [-0.15, -0.1) is 0 Å². The molecule has 2 nitrogen and oxygen atoms in total. The zero-order valence-electron chi connectivity index (χ0n) is 8.83. The fourth-order valence-corrected chi connectivity index (χ4v) is 2.05. The Morgan fingerprint density at radius 3 is 2.93 bits per heavy atom. The number of hydrogen-bond acceptors (Lipinski definition) is 2. The van der Waals surface area contributed by atoms with Crippen molar-refractivity contribution in [2.24, 2.45) is 0 Å². The molecular weight excluding hydrogens is 193 g/mol. The molecule has 1 aliphatic rings. The van der Waals surface area contributed by atoms with Crippen molar-refractivity contribution in [3.05, 3.63) is 35.1 Å². The summed E-state index contributed by atoms with van der Waals surface area (Å²) < 4.78 is 13.0. The van der Waals surface area contributed by atoms with Gasteiger partial charge in [0.15, 0.2) is 0 Å². The summed E-state index contributed by atoms with van der Waals surface area (Å²) >= 11 is 0. The van der Waals surface area contributed by atoms with Gasteiger partial charge in [0.1, 0.15) is 5.82 Å². The van der Waals surface area contributed by atoms with E-state index in [0.717, 1.165) is 24.9 Å². The number of nitrogens with one attached hydrogen (secondary N) is 1. The molecule has 0 radical (unpaired) electrons. The van der Waals surface area contributed by atoms with Crippen LogP contribution in [0.4, 0.5) is 4.39 Å². The average molecular weight is 209 g/mol. The second-order valence-electron chi connectivity index (χ2n) is 4.20. The maximum atomic E-state index is 13.0. The molecule has 1 aromatic carbocycles. The molecule has 0 spiro atoms. The molecule has 2 rings (SSSR count). The van der Waals surface area contributed by atoms with Crippen LogP contribution in [0.25, 0.3) is 0 Å². The Morgan fingerprint density at radius 1 is 1.53 bits per heavy atom. The molecule has 2 unspecified atom stereocenters. The van der Waals surface area contributed by atoms with Crippen LogP contribution in [-0.4, -0.2) is 23.8 Å². The Morgan fingerprint density at radius 2 is 2.33 bits per heavy atom. The van der Waals surface area contributed by atoms with Crippen molar-refractivity contribution < 1.29 is 9.50 Å². The number of aliphatic hydroxyl groups is 1. The van der Waals surface area contributed by atoms with Crippen molar-refractivity contribution in [2.45, 2.75) is 31.9 Å². The minimum Gasteiger partial charge on any atom is -0.391 e. The molecule has 2 N–H and O–H groups in total. The van der Waals surface area contributed by atoms with Crippen LogP contribution in [0.1, 0.15) is 17.5 Å². The lowest BCUT2D eigenvalue weighted by Crippen LogP contribution is -2.32. The van der Waals surface area contributed by atoms with Crippen LogP contribution in [-0.2, 0) is 6.42 Å². The Labute approximate surface area is 89.1 Å². The van der Waals surface area contributed by atoms with Gasteiger partial charge in [0.25, 0.3) is 0 Å². The monoisotopic (exact) mass is 209 g/mol. The minimum atomic E-state index is -0.268. The van der Waals surface area contributed by atoms with E-state index in [2.05, 4.69) is 5.32 Å². The molecule has 1 heterocycles. The standard InChI is InChI=1S/C12H16FNO/c1-8-6-9(2-3-10(8)13)7-11-12(15)4-5-14-11/h2-3,6,11-12,14-15H,4-5,7H2,1H3. The Balaban J connectivity index is 2.07. The van der Waals surface area contributed by atoms with Crippen LogP contribution in [0.15, 0.2) is 18.2 Å². The smallest absolute Gasteiger partial charge is 0.126 e. The van der Waals surface area contributed by atoms with Crippen molar-refractivity contribution in [1.29, 1.82) is 0 Å². The van der Waals surface area contributed by atoms with Crippen LogP contribution in [0, 0.1) is 12.7 Å². The highest BCUT2D eigenvalue weighted by atomic mass is 19.1. The van der Waals surface area contributed by atoms with E-state index in [1.807, 2.05) is 6.07 Å². The summed E-state index contributed by atoms with van der Waals surface area (Å²) in [5, 5.41) is 12.9. The highest BCUT2D eigenvalue weighted by Crippen LogP contribution is 2.15. The van der Waals surface area contributed by atoms with E-state index in [-0.39, 0.29) is 18.0 Å². The lowest BCUT2D eigenvalue weighted by molar-refractivity contribution is 0.159. The van der Waals surface area contributed by atoms with Gasteiger partial charge in [0.05, 0.1) is 6.10 Å². The third kappa shape index (κ3) is 2.36. The van der Waals surface area contributed by atoms with Gasteiger partial charge in [0.2, 0.25) is 0 Å². The predicted octanol–water partition coefficient (Wildman–Crippen LogP) is 1.40. The summed E-state index contributed by atoms with van der Waals surface area (Å²) in [6.07, 6.45) is 1.31. The second-order valence-corrected chi connectivity index (χ2v) is 4.20. The van der Waals surface area contributed by atoms with Crippen molar-refractivity contribution in [2.75, 3.05) is 6.54 Å². The van der Waals surface area contributed by atoms with Crippen molar-refractivity contribution >= 4 is 0 Å². The third-order valence-electron chi connectivity index (χ3n) is 2.99. The van der Waals surface area contributed by atoms with Crippen LogP contribution in [0.5, 0.6) is 0 Å². The maximum absolute atomic E-state index is 13.0. The van der Waals surface area contributed by atoms with Crippen LogP contribution >= 0.6 is 0 Å². The Hall–Kier alpha value is -0.930. The van der Waals surface area contributed by atoms with Crippen molar-refractivity contribution in [3.63, 3.8) is 0 Å². The first-order valence-electron chi connectivity index (χ1n) is 5.33. The van der Waals surface area contributed by atoms with E-state index >= 15 is 0 Å². The zero-order valence-corrected chi connectivity index (χ0v) is 8.83. The van der Waals surface area contributed by atoms with Gasteiger partial charge in [-0.1, -0.05) is 12.1 Å². The first-order chi connectivity index (χ1) is 7.16. The van der Waals surface area contributed by atoms with E-state index in [4.69, 9.17) is 0 Å². The Bertz CT molecular complexity index is 353. The molecule has 1 fully saturated rings. The molecule has 0 saturated carbocycles. The van der Waals surface area contributed by atoms with Crippen molar-refractivity contribution in [1.82, 2.24) is 5.32 Å². The molecule has 0 aromatic heterocycles. The quantitative estimate of drug-likeness (QED) is 0.771. The molecule has 82 valence electrons. The number of rotatable bonds is 2. The molecule has 1 aromatic rings. The first kappa shape index (κ1) is 10.6. The predicted molar refractivity (Wildman–Crippen MR) is 57.3 cm³/mol.